The third kappa shape index (κ3) is 3.55. The molecule has 0 spiro atoms. The maximum atomic E-state index is 13.3. The molecule has 0 unspecified atom stereocenters. The van der Waals surface area contributed by atoms with Crippen molar-refractivity contribution < 1.29 is 14.1 Å². The van der Waals surface area contributed by atoms with Gasteiger partial charge in [-0.05, 0) is 34.1 Å². The Bertz CT molecular complexity index is 664. The molecular weight excluding hydrogens is 397 g/mol. The molecule has 2 aromatic rings. The van der Waals surface area contributed by atoms with Crippen molar-refractivity contribution in [3.05, 3.63) is 66.8 Å². The van der Waals surface area contributed by atoms with E-state index in [4.69, 9.17) is 4.74 Å². The first-order valence-corrected chi connectivity index (χ1v) is 7.06. The number of ether oxygens (including phenoxy) is 1. The topological polar surface area (TPSA) is 52.4 Å². The van der Waals surface area contributed by atoms with Gasteiger partial charge >= 0.3 is 0 Å². The lowest BCUT2D eigenvalue weighted by Crippen LogP contribution is -1.98. The fraction of sp³-hybridized carbons (Fsp3) is 0.0769. The van der Waals surface area contributed by atoms with Gasteiger partial charge in [0.05, 0.1) is 9.40 Å². The van der Waals surface area contributed by atoms with Gasteiger partial charge in [-0.2, -0.15) is 0 Å². The molecule has 7 heteroatoms. The highest BCUT2D eigenvalue weighted by molar-refractivity contribution is 9.10. The van der Waals surface area contributed by atoms with Gasteiger partial charge in [-0.15, -0.1) is 0 Å². The molecule has 0 fully saturated rings. The molecular formula is C13H8Br2FNO3. The van der Waals surface area contributed by atoms with E-state index in [9.17, 15) is 14.5 Å². The van der Waals surface area contributed by atoms with E-state index in [1.165, 1.54) is 18.2 Å². The third-order valence-corrected chi connectivity index (χ3v) is 3.91. The second-order valence-corrected chi connectivity index (χ2v) is 5.61. The lowest BCUT2D eigenvalue weighted by molar-refractivity contribution is -0.384. The Kier molecular flexibility index (Phi) is 4.72. The minimum absolute atomic E-state index is 0.00434. The number of nitrogens with zero attached hydrogens (tertiary/aromatic N) is 1. The highest BCUT2D eigenvalue weighted by atomic mass is 79.9. The number of benzene rings is 2. The van der Waals surface area contributed by atoms with E-state index in [1.807, 2.05) is 0 Å². The molecule has 0 aliphatic heterocycles. The molecule has 0 amide bonds. The van der Waals surface area contributed by atoms with Crippen LogP contribution in [0, 0.1) is 15.9 Å². The van der Waals surface area contributed by atoms with Crippen molar-refractivity contribution in [3.8, 4) is 5.75 Å². The van der Waals surface area contributed by atoms with E-state index in [2.05, 4.69) is 31.9 Å². The smallest absolute Gasteiger partial charge is 0.270 e. The Hall–Kier alpha value is -1.47. The predicted octanol–water partition coefficient (Wildman–Crippen LogP) is 4.84. The number of hydrogen-bond acceptors (Lipinski definition) is 3. The number of hydrogen-bond donors (Lipinski definition) is 0. The standard InChI is InChI=1S/C13H8Br2FNO3/c14-11-4-3-10(6-13(11)16)20-7-8-1-2-9(17(18)19)5-12(8)15/h1-6H,7H2. The van der Waals surface area contributed by atoms with E-state index >= 15 is 0 Å². The van der Waals surface area contributed by atoms with Crippen LogP contribution in [-0.4, -0.2) is 4.92 Å². The average molecular weight is 405 g/mol. The molecule has 104 valence electrons. The lowest BCUT2D eigenvalue weighted by Gasteiger charge is -2.08. The van der Waals surface area contributed by atoms with Crippen LogP contribution in [0.1, 0.15) is 5.56 Å². The predicted molar refractivity (Wildman–Crippen MR) is 79.2 cm³/mol. The van der Waals surface area contributed by atoms with Gasteiger partial charge in [0, 0.05) is 28.2 Å². The van der Waals surface area contributed by atoms with Crippen LogP contribution in [0.4, 0.5) is 10.1 Å². The molecule has 0 aliphatic rings. The number of non-ortho nitro benzene ring substituents is 1. The van der Waals surface area contributed by atoms with Crippen LogP contribution in [0.15, 0.2) is 45.3 Å². The summed E-state index contributed by atoms with van der Waals surface area (Å²) in [5.41, 5.74) is 0.731. The number of nitro benzene ring substituents is 1. The molecule has 0 bridgehead atoms. The van der Waals surface area contributed by atoms with Gasteiger partial charge in [0.1, 0.15) is 18.2 Å². The lowest BCUT2D eigenvalue weighted by atomic mass is 10.2. The van der Waals surface area contributed by atoms with Gasteiger partial charge in [-0.25, -0.2) is 4.39 Å². The van der Waals surface area contributed by atoms with Crippen LogP contribution in [0.2, 0.25) is 0 Å². The number of rotatable bonds is 4. The van der Waals surface area contributed by atoms with E-state index in [1.54, 1.807) is 18.2 Å². The zero-order valence-electron chi connectivity index (χ0n) is 9.98. The molecule has 0 saturated heterocycles. The summed E-state index contributed by atoms with van der Waals surface area (Å²) in [5.74, 6) is -0.0267. The minimum Gasteiger partial charge on any atom is -0.489 e. The van der Waals surface area contributed by atoms with Crippen molar-refractivity contribution in [2.24, 2.45) is 0 Å². The molecule has 0 aromatic heterocycles. The zero-order chi connectivity index (χ0) is 14.7. The van der Waals surface area contributed by atoms with Gasteiger partial charge in [0.15, 0.2) is 0 Å². The Morgan fingerprint density at radius 2 is 1.90 bits per heavy atom. The van der Waals surface area contributed by atoms with Crippen LogP contribution in [0.5, 0.6) is 5.75 Å². The number of nitro groups is 1. The largest absolute Gasteiger partial charge is 0.489 e. The first-order valence-electron chi connectivity index (χ1n) is 5.48. The Balaban J connectivity index is 2.10. The van der Waals surface area contributed by atoms with E-state index in [0.29, 0.717) is 14.7 Å². The first-order chi connectivity index (χ1) is 9.47. The summed E-state index contributed by atoms with van der Waals surface area (Å²) in [6, 6.07) is 8.84. The normalized spacial score (nSPS) is 10.3. The van der Waals surface area contributed by atoms with Gasteiger partial charge in [-0.1, -0.05) is 15.9 Å². The van der Waals surface area contributed by atoms with Gasteiger partial charge < -0.3 is 4.74 Å². The summed E-state index contributed by atoms with van der Waals surface area (Å²) in [6.45, 7) is 0.180. The van der Waals surface area contributed by atoms with Crippen molar-refractivity contribution in [2.75, 3.05) is 0 Å². The summed E-state index contributed by atoms with van der Waals surface area (Å²) < 4.78 is 19.7. The second-order valence-electron chi connectivity index (χ2n) is 3.90. The molecule has 0 saturated carbocycles. The molecule has 0 radical (unpaired) electrons. The molecule has 0 atom stereocenters. The Morgan fingerprint density at radius 3 is 2.50 bits per heavy atom. The molecule has 0 heterocycles. The second kappa shape index (κ2) is 6.32. The van der Waals surface area contributed by atoms with Crippen molar-refractivity contribution in [3.63, 3.8) is 0 Å². The van der Waals surface area contributed by atoms with Crippen LogP contribution in [0.3, 0.4) is 0 Å². The van der Waals surface area contributed by atoms with Crippen molar-refractivity contribution in [1.82, 2.24) is 0 Å². The summed E-state index contributed by atoms with van der Waals surface area (Å²) in [6.07, 6.45) is 0. The molecule has 4 nitrogen and oxygen atoms in total. The molecule has 2 aromatic carbocycles. The fourth-order valence-electron chi connectivity index (χ4n) is 1.49. The Labute approximate surface area is 131 Å². The molecule has 20 heavy (non-hydrogen) atoms. The fourth-order valence-corrected chi connectivity index (χ4v) is 2.22. The SMILES string of the molecule is O=[N+]([O-])c1ccc(COc2ccc(Br)c(F)c2)c(Br)c1. The van der Waals surface area contributed by atoms with Crippen LogP contribution < -0.4 is 4.74 Å². The minimum atomic E-state index is -0.473. The van der Waals surface area contributed by atoms with E-state index < -0.39 is 10.7 Å². The van der Waals surface area contributed by atoms with Gasteiger partial charge in [0.2, 0.25) is 0 Å². The quantitative estimate of drug-likeness (QED) is 0.541. The molecule has 0 aliphatic carbocycles. The average Bonchev–Trinajstić information content (AvgIpc) is 2.41. The van der Waals surface area contributed by atoms with Gasteiger partial charge in [-0.3, -0.25) is 10.1 Å². The van der Waals surface area contributed by atoms with Crippen LogP contribution in [0.25, 0.3) is 0 Å². The maximum absolute atomic E-state index is 13.3. The summed E-state index contributed by atoms with van der Waals surface area (Å²) in [5, 5.41) is 10.6. The van der Waals surface area contributed by atoms with E-state index in [-0.39, 0.29) is 12.3 Å². The third-order valence-electron chi connectivity index (χ3n) is 2.53. The zero-order valence-corrected chi connectivity index (χ0v) is 13.1. The van der Waals surface area contributed by atoms with Crippen molar-refractivity contribution >= 4 is 37.5 Å². The molecule has 2 rings (SSSR count). The Morgan fingerprint density at radius 1 is 1.15 bits per heavy atom. The van der Waals surface area contributed by atoms with Gasteiger partial charge in [0.25, 0.3) is 5.69 Å². The monoisotopic (exact) mass is 403 g/mol. The summed E-state index contributed by atoms with van der Waals surface area (Å²) >= 11 is 6.31. The van der Waals surface area contributed by atoms with Crippen LogP contribution >= 0.6 is 31.9 Å². The first kappa shape index (κ1) is 14.9. The summed E-state index contributed by atoms with van der Waals surface area (Å²) in [4.78, 5) is 10.1. The van der Waals surface area contributed by atoms with Crippen molar-refractivity contribution in [1.29, 1.82) is 0 Å². The molecule has 0 N–H and O–H groups in total. The highest BCUT2D eigenvalue weighted by Crippen LogP contribution is 2.25. The maximum Gasteiger partial charge on any atom is 0.270 e. The van der Waals surface area contributed by atoms with Crippen molar-refractivity contribution in [2.45, 2.75) is 6.61 Å². The summed E-state index contributed by atoms with van der Waals surface area (Å²) in [7, 11) is 0. The van der Waals surface area contributed by atoms with E-state index in [0.717, 1.165) is 5.56 Å². The highest BCUT2D eigenvalue weighted by Gasteiger charge is 2.10. The number of halogens is 3. The van der Waals surface area contributed by atoms with Crippen LogP contribution in [-0.2, 0) is 6.61 Å².